The van der Waals surface area contributed by atoms with Crippen molar-refractivity contribution < 1.29 is 8.42 Å². The number of thiophene rings is 1. The van der Waals surface area contributed by atoms with E-state index in [-0.39, 0.29) is 0 Å². The molecular formula is C22H20N4O2S2. The third-order valence-corrected chi connectivity index (χ3v) is 8.05. The summed E-state index contributed by atoms with van der Waals surface area (Å²) in [6, 6.07) is 16.9. The Balaban J connectivity index is 1.52. The van der Waals surface area contributed by atoms with Crippen molar-refractivity contribution in [2.45, 2.75) is 0 Å². The molecule has 1 fully saturated rings. The summed E-state index contributed by atoms with van der Waals surface area (Å²) in [7, 11) is -3.38. The van der Waals surface area contributed by atoms with Gasteiger partial charge in [0.05, 0.1) is 5.39 Å². The lowest BCUT2D eigenvalue weighted by molar-refractivity contribution is 0.389. The second kappa shape index (κ2) is 7.46. The van der Waals surface area contributed by atoms with E-state index in [0.29, 0.717) is 26.2 Å². The fourth-order valence-electron chi connectivity index (χ4n) is 3.93. The predicted molar refractivity (Wildman–Crippen MR) is 123 cm³/mol. The Labute approximate surface area is 179 Å². The van der Waals surface area contributed by atoms with E-state index in [1.807, 2.05) is 6.07 Å². The molecule has 0 bridgehead atoms. The second-order valence-electron chi connectivity index (χ2n) is 7.15. The molecule has 2 aromatic carbocycles. The molecule has 0 unspecified atom stereocenters. The molecule has 0 N–H and O–H groups in total. The molecule has 0 saturated carbocycles. The van der Waals surface area contributed by atoms with Gasteiger partial charge in [-0.1, -0.05) is 49.0 Å². The third-order valence-electron chi connectivity index (χ3n) is 5.47. The number of aromatic nitrogens is 2. The lowest BCUT2D eigenvalue weighted by Crippen LogP contribution is -2.48. The number of sulfonamides is 1. The van der Waals surface area contributed by atoms with Crippen LogP contribution in [0.2, 0.25) is 0 Å². The molecule has 0 radical (unpaired) electrons. The van der Waals surface area contributed by atoms with Crippen molar-refractivity contribution >= 4 is 48.2 Å². The molecule has 0 aliphatic carbocycles. The summed E-state index contributed by atoms with van der Waals surface area (Å²) in [6.07, 6.45) is 1.59. The smallest absolute Gasteiger partial charge is 0.235 e. The van der Waals surface area contributed by atoms with E-state index < -0.39 is 10.0 Å². The van der Waals surface area contributed by atoms with E-state index >= 15 is 0 Å². The SMILES string of the molecule is C=CS(=O)(=O)N1CCN(c2ncnc3sc(-c4cccc5ccccc45)cc23)CC1. The fraction of sp³-hybridized carbons (Fsp3) is 0.182. The van der Waals surface area contributed by atoms with Gasteiger partial charge < -0.3 is 4.90 Å². The normalized spacial score (nSPS) is 15.7. The number of fused-ring (bicyclic) bond motifs is 2. The number of hydrogen-bond donors (Lipinski definition) is 0. The van der Waals surface area contributed by atoms with E-state index in [1.165, 1.54) is 20.6 Å². The zero-order valence-corrected chi connectivity index (χ0v) is 17.9. The largest absolute Gasteiger partial charge is 0.353 e. The molecule has 1 saturated heterocycles. The van der Waals surface area contributed by atoms with Crippen molar-refractivity contribution in [2.75, 3.05) is 31.1 Å². The molecule has 5 rings (SSSR count). The zero-order chi connectivity index (χ0) is 20.7. The van der Waals surface area contributed by atoms with E-state index in [4.69, 9.17) is 0 Å². The van der Waals surface area contributed by atoms with Crippen LogP contribution in [-0.2, 0) is 10.0 Å². The molecule has 1 aliphatic rings. The lowest BCUT2D eigenvalue weighted by Gasteiger charge is -2.34. The van der Waals surface area contributed by atoms with Crippen LogP contribution in [0, 0.1) is 0 Å². The summed E-state index contributed by atoms with van der Waals surface area (Å²) in [6.45, 7) is 5.41. The summed E-state index contributed by atoms with van der Waals surface area (Å²) < 4.78 is 25.5. The van der Waals surface area contributed by atoms with E-state index in [9.17, 15) is 8.42 Å². The number of benzene rings is 2. The average molecular weight is 437 g/mol. The summed E-state index contributed by atoms with van der Waals surface area (Å²) in [5.74, 6) is 0.860. The minimum absolute atomic E-state index is 0.417. The monoisotopic (exact) mass is 436 g/mol. The summed E-state index contributed by atoms with van der Waals surface area (Å²) in [5, 5.41) is 4.44. The zero-order valence-electron chi connectivity index (χ0n) is 16.2. The van der Waals surface area contributed by atoms with E-state index in [1.54, 1.807) is 17.7 Å². The number of hydrogen-bond acceptors (Lipinski definition) is 6. The Morgan fingerprint density at radius 1 is 0.967 bits per heavy atom. The Morgan fingerprint density at radius 3 is 2.53 bits per heavy atom. The van der Waals surface area contributed by atoms with Crippen molar-refractivity contribution in [3.8, 4) is 10.4 Å². The van der Waals surface area contributed by atoms with Crippen LogP contribution in [0.5, 0.6) is 0 Å². The number of nitrogens with zero attached hydrogens (tertiary/aromatic N) is 4. The van der Waals surface area contributed by atoms with Gasteiger partial charge >= 0.3 is 0 Å². The predicted octanol–water partition coefficient (Wildman–Crippen LogP) is 4.11. The highest BCUT2D eigenvalue weighted by Gasteiger charge is 2.26. The maximum Gasteiger partial charge on any atom is 0.235 e. The molecule has 8 heteroatoms. The van der Waals surface area contributed by atoms with E-state index in [2.05, 4.69) is 63.9 Å². The van der Waals surface area contributed by atoms with Crippen LogP contribution in [0.1, 0.15) is 0 Å². The average Bonchev–Trinajstić information content (AvgIpc) is 3.23. The van der Waals surface area contributed by atoms with E-state index in [0.717, 1.165) is 26.3 Å². The molecule has 30 heavy (non-hydrogen) atoms. The molecule has 0 amide bonds. The highest BCUT2D eigenvalue weighted by atomic mass is 32.2. The van der Waals surface area contributed by atoms with Crippen LogP contribution in [-0.4, -0.2) is 48.9 Å². The lowest BCUT2D eigenvalue weighted by atomic mass is 10.0. The molecule has 2 aromatic heterocycles. The van der Waals surface area contributed by atoms with Crippen LogP contribution in [0.25, 0.3) is 31.4 Å². The minimum atomic E-state index is -3.38. The van der Waals surface area contributed by atoms with Gasteiger partial charge in [-0.2, -0.15) is 4.31 Å². The van der Waals surface area contributed by atoms with Gasteiger partial charge in [-0.3, -0.25) is 0 Å². The first-order valence-corrected chi connectivity index (χ1v) is 12.0. The third kappa shape index (κ3) is 3.27. The van der Waals surface area contributed by atoms with Gasteiger partial charge in [-0.15, -0.1) is 11.3 Å². The molecule has 3 heterocycles. The van der Waals surface area contributed by atoms with Crippen LogP contribution in [0.15, 0.2) is 66.8 Å². The second-order valence-corrected chi connectivity index (χ2v) is 10.1. The maximum atomic E-state index is 12.0. The van der Waals surface area contributed by atoms with Gasteiger partial charge in [0, 0.05) is 36.5 Å². The summed E-state index contributed by atoms with van der Waals surface area (Å²) in [4.78, 5) is 13.3. The van der Waals surface area contributed by atoms with Crippen molar-refractivity contribution in [1.29, 1.82) is 0 Å². The first-order valence-electron chi connectivity index (χ1n) is 9.67. The highest BCUT2D eigenvalue weighted by Crippen LogP contribution is 2.39. The Morgan fingerprint density at radius 2 is 1.73 bits per heavy atom. The van der Waals surface area contributed by atoms with Crippen molar-refractivity contribution in [3.05, 3.63) is 66.8 Å². The standard InChI is InChI=1S/C22H20N4O2S2/c1-2-30(27,28)26-12-10-25(11-13-26)21-19-14-20(29-22(19)24-15-23-21)18-9-5-7-16-6-3-4-8-17(16)18/h2-9,14-15H,1,10-13H2. The van der Waals surface area contributed by atoms with Crippen LogP contribution < -0.4 is 4.90 Å². The van der Waals surface area contributed by atoms with Crippen molar-refractivity contribution in [3.63, 3.8) is 0 Å². The summed E-state index contributed by atoms with van der Waals surface area (Å²) in [5.41, 5.74) is 1.18. The topological polar surface area (TPSA) is 66.4 Å². The minimum Gasteiger partial charge on any atom is -0.353 e. The van der Waals surface area contributed by atoms with Gasteiger partial charge in [-0.05, 0) is 22.4 Å². The van der Waals surface area contributed by atoms with Crippen LogP contribution in [0.3, 0.4) is 0 Å². The number of rotatable bonds is 4. The number of piperazine rings is 1. The Kier molecular flexibility index (Phi) is 4.77. The molecular weight excluding hydrogens is 416 g/mol. The molecule has 6 nitrogen and oxygen atoms in total. The van der Waals surface area contributed by atoms with Gasteiger partial charge in [0.25, 0.3) is 0 Å². The highest BCUT2D eigenvalue weighted by molar-refractivity contribution is 7.92. The molecule has 0 atom stereocenters. The molecule has 1 aliphatic heterocycles. The van der Waals surface area contributed by atoms with Crippen LogP contribution >= 0.6 is 11.3 Å². The van der Waals surface area contributed by atoms with Crippen LogP contribution in [0.4, 0.5) is 5.82 Å². The van der Waals surface area contributed by atoms with Crippen molar-refractivity contribution in [2.24, 2.45) is 0 Å². The molecule has 152 valence electrons. The van der Waals surface area contributed by atoms with Gasteiger partial charge in [0.1, 0.15) is 17.0 Å². The maximum absolute atomic E-state index is 12.0. The Hall–Kier alpha value is -2.81. The first-order chi connectivity index (χ1) is 14.6. The fourth-order valence-corrected chi connectivity index (χ4v) is 5.84. The quantitative estimate of drug-likeness (QED) is 0.482. The Bertz CT molecular complexity index is 1350. The van der Waals surface area contributed by atoms with Crippen molar-refractivity contribution in [1.82, 2.24) is 14.3 Å². The molecule has 0 spiro atoms. The first kappa shape index (κ1) is 19.2. The van der Waals surface area contributed by atoms with Gasteiger partial charge in [0.2, 0.25) is 10.0 Å². The van der Waals surface area contributed by atoms with Gasteiger partial charge in [0.15, 0.2) is 0 Å². The summed E-state index contributed by atoms with van der Waals surface area (Å²) >= 11 is 1.65. The molecule has 4 aromatic rings. The van der Waals surface area contributed by atoms with Gasteiger partial charge in [-0.25, -0.2) is 18.4 Å². The number of anilines is 1.